The molecule has 0 radical (unpaired) electrons. The minimum atomic E-state index is 0.354. The molecule has 1 heterocycles. The standard InChI is InChI=1S/C21H22N4O2/c1-2-26-18-10-6-7-11-19(18)27-20-13-12-16(14-23-20)15-24-21(22)25-17-8-4-3-5-9-17/h3-14H,2,15H2,1H3,(H3,22,24,25). The maximum absolute atomic E-state index is 5.91. The molecule has 0 aliphatic carbocycles. The van der Waals surface area contributed by atoms with E-state index in [4.69, 9.17) is 15.2 Å². The number of nitrogens with two attached hydrogens (primary N) is 1. The molecule has 0 spiro atoms. The Morgan fingerprint density at radius 3 is 2.44 bits per heavy atom. The summed E-state index contributed by atoms with van der Waals surface area (Å²) >= 11 is 0. The highest BCUT2D eigenvalue weighted by Crippen LogP contribution is 2.30. The summed E-state index contributed by atoms with van der Waals surface area (Å²) in [5.41, 5.74) is 7.74. The fourth-order valence-corrected chi connectivity index (χ4v) is 2.37. The minimum Gasteiger partial charge on any atom is -0.490 e. The summed E-state index contributed by atoms with van der Waals surface area (Å²) in [6.07, 6.45) is 1.72. The number of benzene rings is 2. The van der Waals surface area contributed by atoms with E-state index in [0.717, 1.165) is 11.3 Å². The van der Waals surface area contributed by atoms with Crippen LogP contribution < -0.4 is 20.5 Å². The molecule has 6 heteroatoms. The van der Waals surface area contributed by atoms with Crippen molar-refractivity contribution in [3.05, 3.63) is 78.5 Å². The van der Waals surface area contributed by atoms with E-state index in [-0.39, 0.29) is 0 Å². The summed E-state index contributed by atoms with van der Waals surface area (Å²) in [7, 11) is 0. The molecule has 0 fully saturated rings. The smallest absolute Gasteiger partial charge is 0.219 e. The average Bonchev–Trinajstić information content (AvgIpc) is 2.70. The van der Waals surface area contributed by atoms with E-state index in [0.29, 0.717) is 36.5 Å². The van der Waals surface area contributed by atoms with Crippen molar-refractivity contribution in [2.75, 3.05) is 11.9 Å². The Morgan fingerprint density at radius 1 is 1.00 bits per heavy atom. The van der Waals surface area contributed by atoms with E-state index in [9.17, 15) is 0 Å². The van der Waals surface area contributed by atoms with Gasteiger partial charge in [0.05, 0.1) is 13.2 Å². The van der Waals surface area contributed by atoms with Gasteiger partial charge in [-0.3, -0.25) is 0 Å². The second kappa shape index (κ2) is 9.24. The summed E-state index contributed by atoms with van der Waals surface area (Å²) in [4.78, 5) is 8.65. The summed E-state index contributed by atoms with van der Waals surface area (Å²) < 4.78 is 11.4. The predicted octanol–water partition coefficient (Wildman–Crippen LogP) is 4.20. The third-order valence-electron chi connectivity index (χ3n) is 3.64. The molecule has 3 rings (SSSR count). The maximum atomic E-state index is 5.91. The van der Waals surface area contributed by atoms with Gasteiger partial charge >= 0.3 is 0 Å². The van der Waals surface area contributed by atoms with Crippen molar-refractivity contribution in [3.8, 4) is 17.4 Å². The molecule has 0 unspecified atom stereocenters. The van der Waals surface area contributed by atoms with Gasteiger partial charge in [0, 0.05) is 18.0 Å². The van der Waals surface area contributed by atoms with Gasteiger partial charge in [0.1, 0.15) is 0 Å². The molecule has 3 N–H and O–H groups in total. The summed E-state index contributed by atoms with van der Waals surface area (Å²) in [6.45, 7) is 2.93. The molecule has 0 saturated heterocycles. The van der Waals surface area contributed by atoms with Gasteiger partial charge in [0.2, 0.25) is 5.88 Å². The number of para-hydroxylation sites is 3. The maximum Gasteiger partial charge on any atom is 0.219 e. The van der Waals surface area contributed by atoms with E-state index in [1.807, 2.05) is 67.6 Å². The number of nitrogens with zero attached hydrogens (tertiary/aromatic N) is 2. The van der Waals surface area contributed by atoms with Crippen LogP contribution in [0, 0.1) is 0 Å². The Kier molecular flexibility index (Phi) is 6.25. The zero-order chi connectivity index (χ0) is 18.9. The highest BCUT2D eigenvalue weighted by Gasteiger charge is 2.06. The normalized spacial score (nSPS) is 11.1. The van der Waals surface area contributed by atoms with Crippen molar-refractivity contribution in [1.29, 1.82) is 0 Å². The molecule has 138 valence electrons. The lowest BCUT2D eigenvalue weighted by atomic mass is 10.3. The van der Waals surface area contributed by atoms with Crippen LogP contribution in [0.2, 0.25) is 0 Å². The number of anilines is 1. The number of aliphatic imine (C=N–C) groups is 1. The van der Waals surface area contributed by atoms with Crippen LogP contribution in [0.5, 0.6) is 17.4 Å². The first kappa shape index (κ1) is 18.3. The van der Waals surface area contributed by atoms with E-state index in [2.05, 4.69) is 15.3 Å². The molecule has 0 aliphatic heterocycles. The highest BCUT2D eigenvalue weighted by atomic mass is 16.5. The van der Waals surface area contributed by atoms with Crippen molar-refractivity contribution >= 4 is 11.6 Å². The number of hydrogen-bond acceptors (Lipinski definition) is 4. The molecule has 0 bridgehead atoms. The fraction of sp³-hybridized carbons (Fsp3) is 0.143. The van der Waals surface area contributed by atoms with Gasteiger partial charge < -0.3 is 20.5 Å². The Hall–Kier alpha value is -3.54. The molecule has 27 heavy (non-hydrogen) atoms. The first-order valence-corrected chi connectivity index (χ1v) is 8.71. The lowest BCUT2D eigenvalue weighted by molar-refractivity contribution is 0.319. The van der Waals surface area contributed by atoms with Gasteiger partial charge in [0.25, 0.3) is 0 Å². The number of pyridine rings is 1. The van der Waals surface area contributed by atoms with Gasteiger partial charge in [-0.05, 0) is 36.8 Å². The number of hydrogen-bond donors (Lipinski definition) is 2. The van der Waals surface area contributed by atoms with Crippen LogP contribution in [0.3, 0.4) is 0 Å². The van der Waals surface area contributed by atoms with Crippen molar-refractivity contribution in [2.24, 2.45) is 10.7 Å². The van der Waals surface area contributed by atoms with E-state index >= 15 is 0 Å². The molecular weight excluding hydrogens is 340 g/mol. The molecule has 2 aromatic carbocycles. The van der Waals surface area contributed by atoms with Crippen molar-refractivity contribution in [1.82, 2.24) is 4.98 Å². The number of guanidine groups is 1. The first-order chi connectivity index (χ1) is 13.2. The number of ether oxygens (including phenoxy) is 2. The van der Waals surface area contributed by atoms with Crippen LogP contribution in [0.4, 0.5) is 5.69 Å². The fourth-order valence-electron chi connectivity index (χ4n) is 2.37. The second-order valence-corrected chi connectivity index (χ2v) is 5.68. The molecule has 0 saturated carbocycles. The van der Waals surface area contributed by atoms with Crippen LogP contribution in [-0.2, 0) is 6.54 Å². The van der Waals surface area contributed by atoms with E-state index < -0.39 is 0 Å². The lowest BCUT2D eigenvalue weighted by Gasteiger charge is -2.10. The van der Waals surface area contributed by atoms with Crippen LogP contribution in [0.15, 0.2) is 77.9 Å². The van der Waals surface area contributed by atoms with Crippen molar-refractivity contribution in [3.63, 3.8) is 0 Å². The lowest BCUT2D eigenvalue weighted by Crippen LogP contribution is -2.22. The number of aromatic nitrogens is 1. The zero-order valence-electron chi connectivity index (χ0n) is 15.1. The number of nitrogens with one attached hydrogen (secondary N) is 1. The predicted molar refractivity (Wildman–Crippen MR) is 107 cm³/mol. The largest absolute Gasteiger partial charge is 0.490 e. The van der Waals surface area contributed by atoms with Crippen LogP contribution in [0.25, 0.3) is 0 Å². The molecule has 0 aliphatic rings. The third-order valence-corrected chi connectivity index (χ3v) is 3.64. The van der Waals surface area contributed by atoms with Gasteiger partial charge in [-0.25, -0.2) is 9.98 Å². The summed E-state index contributed by atoms with van der Waals surface area (Å²) in [5.74, 6) is 2.17. The first-order valence-electron chi connectivity index (χ1n) is 8.71. The summed E-state index contributed by atoms with van der Waals surface area (Å²) in [5, 5.41) is 3.04. The Balaban J connectivity index is 1.60. The highest BCUT2D eigenvalue weighted by molar-refractivity contribution is 5.92. The summed E-state index contributed by atoms with van der Waals surface area (Å²) in [6, 6.07) is 20.9. The van der Waals surface area contributed by atoms with Gasteiger partial charge in [-0.1, -0.05) is 36.4 Å². The van der Waals surface area contributed by atoms with E-state index in [1.54, 1.807) is 12.3 Å². The van der Waals surface area contributed by atoms with Crippen LogP contribution >= 0.6 is 0 Å². The molecule has 6 nitrogen and oxygen atoms in total. The zero-order valence-corrected chi connectivity index (χ0v) is 15.1. The van der Waals surface area contributed by atoms with Crippen molar-refractivity contribution < 1.29 is 9.47 Å². The van der Waals surface area contributed by atoms with Crippen LogP contribution in [0.1, 0.15) is 12.5 Å². The second-order valence-electron chi connectivity index (χ2n) is 5.68. The minimum absolute atomic E-state index is 0.354. The van der Waals surface area contributed by atoms with Gasteiger partial charge in [0.15, 0.2) is 17.5 Å². The van der Waals surface area contributed by atoms with Crippen LogP contribution in [-0.4, -0.2) is 17.6 Å². The molecule has 0 amide bonds. The van der Waals surface area contributed by atoms with Crippen molar-refractivity contribution in [2.45, 2.75) is 13.5 Å². The van der Waals surface area contributed by atoms with Gasteiger partial charge in [-0.2, -0.15) is 0 Å². The molecule has 1 aromatic heterocycles. The monoisotopic (exact) mass is 362 g/mol. The Labute approximate surface area is 158 Å². The average molecular weight is 362 g/mol. The topological polar surface area (TPSA) is 81.8 Å². The third kappa shape index (κ3) is 5.47. The van der Waals surface area contributed by atoms with Gasteiger partial charge in [-0.15, -0.1) is 0 Å². The Morgan fingerprint density at radius 2 is 1.74 bits per heavy atom. The quantitative estimate of drug-likeness (QED) is 0.486. The van der Waals surface area contributed by atoms with E-state index in [1.165, 1.54) is 0 Å². The molecule has 0 atom stereocenters. The molecular formula is C21H22N4O2. The number of rotatable bonds is 7. The Bertz CT molecular complexity index is 880. The SMILES string of the molecule is CCOc1ccccc1Oc1ccc(CN=C(N)Nc2ccccc2)cn1. The molecule has 3 aromatic rings.